The van der Waals surface area contributed by atoms with Gasteiger partial charge >= 0.3 is 5.97 Å². The number of sulfonamides is 1. The predicted octanol–water partition coefficient (Wildman–Crippen LogP) is 4.83. The molecule has 3 aromatic rings. The molecule has 0 heterocycles. The van der Waals surface area contributed by atoms with Crippen LogP contribution in [0, 0.1) is 17.3 Å². The summed E-state index contributed by atoms with van der Waals surface area (Å²) in [5, 5.41) is 14.4. The van der Waals surface area contributed by atoms with Crippen LogP contribution in [0.5, 0.6) is 0 Å². The Labute approximate surface area is 256 Å². The molecule has 0 spiro atoms. The standard InChI is InChI=1S/C34H44N2O6S/c1-25(2)22-36(43(40,41)29-19-13-8-14-20-29)23-31(37)30(21-27-15-9-6-10-16-27)35-32(38)26(3)34(4,5)33(39)42-24-28-17-11-7-12-18-28/h6-20,25-26,30-31,37H,21-24H2,1-5H3,(H,35,38)/t26?,30-,31?/m0/s1. The summed E-state index contributed by atoms with van der Waals surface area (Å²) in [7, 11) is -3.91. The third-order valence-electron chi connectivity index (χ3n) is 7.65. The van der Waals surface area contributed by atoms with E-state index in [0.717, 1.165) is 11.1 Å². The van der Waals surface area contributed by atoms with Crippen molar-refractivity contribution in [3.05, 3.63) is 102 Å². The van der Waals surface area contributed by atoms with Crippen molar-refractivity contribution < 1.29 is 27.9 Å². The topological polar surface area (TPSA) is 113 Å². The van der Waals surface area contributed by atoms with Crippen LogP contribution < -0.4 is 5.32 Å². The molecule has 3 atom stereocenters. The van der Waals surface area contributed by atoms with E-state index in [1.54, 1.807) is 39.0 Å². The first-order valence-electron chi connectivity index (χ1n) is 14.6. The van der Waals surface area contributed by atoms with Gasteiger partial charge < -0.3 is 15.2 Å². The number of hydrogen-bond donors (Lipinski definition) is 2. The van der Waals surface area contributed by atoms with Crippen LogP contribution in [0.1, 0.15) is 45.7 Å². The maximum Gasteiger partial charge on any atom is 0.312 e. The van der Waals surface area contributed by atoms with Gasteiger partial charge in [-0.3, -0.25) is 9.59 Å². The molecule has 0 fully saturated rings. The molecule has 8 nitrogen and oxygen atoms in total. The summed E-state index contributed by atoms with van der Waals surface area (Å²) in [6.45, 7) is 8.84. The molecular weight excluding hydrogens is 564 g/mol. The smallest absolute Gasteiger partial charge is 0.312 e. The Morgan fingerprint density at radius 3 is 1.88 bits per heavy atom. The van der Waals surface area contributed by atoms with Gasteiger partial charge in [0.05, 0.1) is 28.4 Å². The number of amides is 1. The molecule has 2 N–H and O–H groups in total. The fourth-order valence-electron chi connectivity index (χ4n) is 4.63. The number of ether oxygens (including phenoxy) is 1. The minimum absolute atomic E-state index is 0.00410. The number of benzene rings is 3. The molecule has 0 saturated carbocycles. The zero-order valence-electron chi connectivity index (χ0n) is 25.6. The van der Waals surface area contributed by atoms with Crippen LogP contribution >= 0.6 is 0 Å². The third kappa shape index (κ3) is 9.48. The lowest BCUT2D eigenvalue weighted by Crippen LogP contribution is -2.53. The third-order valence-corrected chi connectivity index (χ3v) is 9.49. The molecule has 0 aliphatic heterocycles. The van der Waals surface area contributed by atoms with Gasteiger partial charge in [-0.05, 0) is 49.4 Å². The van der Waals surface area contributed by atoms with Crippen LogP contribution in [0.15, 0.2) is 95.9 Å². The van der Waals surface area contributed by atoms with E-state index in [1.165, 1.54) is 16.4 Å². The van der Waals surface area contributed by atoms with Crippen molar-refractivity contribution in [2.45, 2.75) is 64.7 Å². The van der Waals surface area contributed by atoms with Crippen LogP contribution in [0.2, 0.25) is 0 Å². The molecular formula is C34H44N2O6S. The molecule has 0 aliphatic rings. The first-order valence-corrected chi connectivity index (χ1v) is 16.0. The summed E-state index contributed by atoms with van der Waals surface area (Å²) in [5.74, 6) is -1.77. The van der Waals surface area contributed by atoms with Crippen molar-refractivity contribution in [1.29, 1.82) is 0 Å². The predicted molar refractivity (Wildman–Crippen MR) is 167 cm³/mol. The molecule has 0 aliphatic carbocycles. The highest BCUT2D eigenvalue weighted by molar-refractivity contribution is 7.89. The highest BCUT2D eigenvalue weighted by Gasteiger charge is 2.41. The van der Waals surface area contributed by atoms with Crippen molar-refractivity contribution in [3.63, 3.8) is 0 Å². The van der Waals surface area contributed by atoms with Gasteiger partial charge in [0.15, 0.2) is 0 Å². The Kier molecular flexibility index (Phi) is 12.1. The number of nitrogens with zero attached hydrogens (tertiary/aromatic N) is 1. The second-order valence-electron chi connectivity index (χ2n) is 11.9. The van der Waals surface area contributed by atoms with E-state index >= 15 is 0 Å². The van der Waals surface area contributed by atoms with Gasteiger partial charge in [-0.25, -0.2) is 8.42 Å². The van der Waals surface area contributed by atoms with Gasteiger partial charge in [0.1, 0.15) is 6.61 Å². The first-order chi connectivity index (χ1) is 20.3. The van der Waals surface area contributed by atoms with Crippen LogP contribution in [-0.4, -0.2) is 54.9 Å². The Morgan fingerprint density at radius 2 is 1.35 bits per heavy atom. The fourth-order valence-corrected chi connectivity index (χ4v) is 6.27. The number of aliphatic hydroxyl groups is 1. The minimum atomic E-state index is -3.91. The van der Waals surface area contributed by atoms with Gasteiger partial charge in [0.25, 0.3) is 0 Å². The van der Waals surface area contributed by atoms with E-state index in [2.05, 4.69) is 5.32 Å². The zero-order chi connectivity index (χ0) is 31.6. The second kappa shape index (κ2) is 15.3. The number of esters is 1. The van der Waals surface area contributed by atoms with Crippen molar-refractivity contribution in [1.82, 2.24) is 9.62 Å². The molecule has 0 aromatic heterocycles. The lowest BCUT2D eigenvalue weighted by atomic mass is 9.79. The number of aliphatic hydroxyl groups excluding tert-OH is 1. The number of rotatable bonds is 15. The van der Waals surface area contributed by atoms with Crippen LogP contribution in [0.25, 0.3) is 0 Å². The summed E-state index contributed by atoms with van der Waals surface area (Å²) < 4.78 is 33.9. The summed E-state index contributed by atoms with van der Waals surface area (Å²) in [6.07, 6.45) is -0.970. The van der Waals surface area contributed by atoms with Gasteiger partial charge in [0.2, 0.25) is 15.9 Å². The van der Waals surface area contributed by atoms with E-state index in [-0.39, 0.29) is 36.9 Å². The number of carbonyl (C=O) groups excluding carboxylic acids is 2. The van der Waals surface area contributed by atoms with Gasteiger partial charge in [0, 0.05) is 13.1 Å². The molecule has 0 saturated heterocycles. The van der Waals surface area contributed by atoms with Crippen LogP contribution in [0.3, 0.4) is 0 Å². The average Bonchev–Trinajstić information content (AvgIpc) is 2.99. The Bertz CT molecular complexity index is 1410. The van der Waals surface area contributed by atoms with Gasteiger partial charge in [-0.2, -0.15) is 4.31 Å². The van der Waals surface area contributed by atoms with E-state index in [0.29, 0.717) is 0 Å². The van der Waals surface area contributed by atoms with Crippen LogP contribution in [-0.2, 0) is 37.4 Å². The van der Waals surface area contributed by atoms with Gasteiger partial charge in [-0.1, -0.05) is 99.6 Å². The average molecular weight is 609 g/mol. The summed E-state index contributed by atoms with van der Waals surface area (Å²) in [6, 6.07) is 25.9. The van der Waals surface area contributed by atoms with E-state index in [9.17, 15) is 23.1 Å². The number of nitrogens with one attached hydrogen (secondary N) is 1. The summed E-state index contributed by atoms with van der Waals surface area (Å²) in [5.41, 5.74) is 0.537. The van der Waals surface area contributed by atoms with Crippen molar-refractivity contribution in [2.75, 3.05) is 13.1 Å². The van der Waals surface area contributed by atoms with Crippen molar-refractivity contribution in [2.24, 2.45) is 17.3 Å². The highest BCUT2D eigenvalue weighted by Crippen LogP contribution is 2.29. The Balaban J connectivity index is 1.80. The lowest BCUT2D eigenvalue weighted by Gasteiger charge is -2.33. The zero-order valence-corrected chi connectivity index (χ0v) is 26.5. The van der Waals surface area contributed by atoms with E-state index < -0.39 is 45.4 Å². The maximum atomic E-state index is 13.6. The SMILES string of the molecule is CC(C)CN(CC(O)[C@H](Cc1ccccc1)NC(=O)C(C)C(C)(C)C(=O)OCc1ccccc1)S(=O)(=O)c1ccccc1. The molecule has 43 heavy (non-hydrogen) atoms. The molecule has 1 amide bonds. The highest BCUT2D eigenvalue weighted by atomic mass is 32.2. The molecule has 9 heteroatoms. The molecule has 0 bridgehead atoms. The Hall–Kier alpha value is -3.53. The molecule has 3 aromatic carbocycles. The Morgan fingerprint density at radius 1 is 0.837 bits per heavy atom. The number of carbonyl (C=O) groups is 2. The molecule has 232 valence electrons. The molecule has 2 unspecified atom stereocenters. The largest absolute Gasteiger partial charge is 0.460 e. The summed E-state index contributed by atoms with van der Waals surface area (Å²) in [4.78, 5) is 26.8. The van der Waals surface area contributed by atoms with Crippen molar-refractivity contribution in [3.8, 4) is 0 Å². The van der Waals surface area contributed by atoms with Crippen molar-refractivity contribution >= 4 is 21.9 Å². The van der Waals surface area contributed by atoms with Gasteiger partial charge in [-0.15, -0.1) is 0 Å². The van der Waals surface area contributed by atoms with E-state index in [1.807, 2.05) is 74.5 Å². The first kappa shape index (κ1) is 34.0. The van der Waals surface area contributed by atoms with E-state index in [4.69, 9.17) is 4.74 Å². The second-order valence-corrected chi connectivity index (χ2v) is 13.8. The fraction of sp³-hybridized carbons (Fsp3) is 0.412. The summed E-state index contributed by atoms with van der Waals surface area (Å²) >= 11 is 0. The van der Waals surface area contributed by atoms with Crippen LogP contribution in [0.4, 0.5) is 0 Å². The normalized spacial score (nSPS) is 14.2. The molecule has 0 radical (unpaired) electrons. The number of hydrogen-bond acceptors (Lipinski definition) is 6. The lowest BCUT2D eigenvalue weighted by molar-refractivity contribution is -0.161. The quantitative estimate of drug-likeness (QED) is 0.239. The maximum absolute atomic E-state index is 13.6. The minimum Gasteiger partial charge on any atom is -0.460 e. The molecule has 3 rings (SSSR count). The monoisotopic (exact) mass is 608 g/mol.